The van der Waals surface area contributed by atoms with Crippen molar-refractivity contribution in [3.05, 3.63) is 100 Å². The lowest BCUT2D eigenvalue weighted by molar-refractivity contribution is -0.141. The highest BCUT2D eigenvalue weighted by molar-refractivity contribution is 7.17. The van der Waals surface area contributed by atoms with Gasteiger partial charge in [0.2, 0.25) is 0 Å². The molecule has 6 heterocycles. The van der Waals surface area contributed by atoms with Crippen LogP contribution in [0.4, 0.5) is 13.2 Å². The number of Topliss-reactive ketones (excluding diaryl/α,β-unsaturated/α-hetero) is 1. The molecule has 18 heteroatoms. The molecule has 0 aliphatic heterocycles. The standard InChI is InChI=1S/C18H20N4O2S.C17H16F3N5O2S/c1-4-15(23)17-11(3)25-18-19-13(8-16(24)22(17)18)9-21-10(2)7-14(20-21)12-5-6-12;1-8-14(15(27)21-2)25-13(26)5-10(22-16(25)28-8)7-24-11(9-3-4-9)6-12(23-24)17(18,19)20/h7-8,12H,4-6,9H2,1-3H3;5-6,9H,3-4,7H2,1-2H3,(H,21,27). The van der Waals surface area contributed by atoms with Gasteiger partial charge >= 0.3 is 6.18 Å². The van der Waals surface area contributed by atoms with E-state index in [1.807, 2.05) is 18.5 Å². The second-order valence-corrected chi connectivity index (χ2v) is 15.7. The number of carbonyl (C=O) groups is 2. The molecular formula is C35H36F3N9O4S2. The normalized spacial score (nSPS) is 14.5. The van der Waals surface area contributed by atoms with E-state index in [-0.39, 0.29) is 29.5 Å². The summed E-state index contributed by atoms with van der Waals surface area (Å²) in [5.41, 5.74) is 2.77. The zero-order chi connectivity index (χ0) is 37.9. The highest BCUT2D eigenvalue weighted by Gasteiger charge is 2.38. The predicted octanol–water partition coefficient (Wildman–Crippen LogP) is 5.65. The highest BCUT2D eigenvalue weighted by Crippen LogP contribution is 2.42. The minimum absolute atomic E-state index is 0.0302. The molecule has 6 aromatic rings. The fourth-order valence-corrected chi connectivity index (χ4v) is 8.26. The number of ketones is 1. The number of nitrogens with one attached hydrogen (secondary N) is 1. The minimum atomic E-state index is -4.53. The molecule has 2 fully saturated rings. The summed E-state index contributed by atoms with van der Waals surface area (Å²) in [6.45, 7) is 7.82. The van der Waals surface area contributed by atoms with Crippen LogP contribution in [0, 0.1) is 20.8 Å². The second-order valence-electron chi connectivity index (χ2n) is 13.3. The Morgan fingerprint density at radius 3 is 1.89 bits per heavy atom. The van der Waals surface area contributed by atoms with Crippen molar-refractivity contribution in [3.63, 3.8) is 0 Å². The fraction of sp³-hybridized carbons (Fsp3) is 0.429. The van der Waals surface area contributed by atoms with Crippen molar-refractivity contribution in [2.75, 3.05) is 7.05 Å². The van der Waals surface area contributed by atoms with Crippen LogP contribution in [0.5, 0.6) is 0 Å². The van der Waals surface area contributed by atoms with Crippen LogP contribution in [0.3, 0.4) is 0 Å². The zero-order valence-electron chi connectivity index (χ0n) is 29.6. The molecule has 0 unspecified atom stereocenters. The van der Waals surface area contributed by atoms with Gasteiger partial charge in [0.1, 0.15) is 11.4 Å². The Morgan fingerprint density at radius 2 is 1.36 bits per heavy atom. The molecule has 278 valence electrons. The topological polar surface area (TPSA) is 151 Å². The largest absolute Gasteiger partial charge is 0.435 e. The third-order valence-electron chi connectivity index (χ3n) is 9.23. The summed E-state index contributed by atoms with van der Waals surface area (Å²) in [5, 5.41) is 10.8. The number of aryl methyl sites for hydroxylation is 3. The first-order valence-corrected chi connectivity index (χ1v) is 18.8. The van der Waals surface area contributed by atoms with Gasteiger partial charge in [0.25, 0.3) is 17.0 Å². The van der Waals surface area contributed by atoms with Crippen molar-refractivity contribution in [1.82, 2.24) is 43.6 Å². The number of hydrogen-bond acceptors (Lipinski definition) is 10. The summed E-state index contributed by atoms with van der Waals surface area (Å²) < 4.78 is 45.0. The molecule has 6 aromatic heterocycles. The summed E-state index contributed by atoms with van der Waals surface area (Å²) in [7, 11) is 1.47. The van der Waals surface area contributed by atoms with E-state index >= 15 is 0 Å². The summed E-state index contributed by atoms with van der Waals surface area (Å²) in [6, 6.07) is 5.94. The first-order chi connectivity index (χ1) is 25.2. The van der Waals surface area contributed by atoms with E-state index in [1.165, 1.54) is 68.2 Å². The Labute approximate surface area is 308 Å². The maximum Gasteiger partial charge on any atom is 0.435 e. The molecular weight excluding hydrogens is 732 g/mol. The van der Waals surface area contributed by atoms with Crippen molar-refractivity contribution < 1.29 is 22.8 Å². The number of alkyl halides is 3. The first kappa shape index (κ1) is 36.4. The van der Waals surface area contributed by atoms with Gasteiger partial charge in [0, 0.05) is 58.6 Å². The highest BCUT2D eigenvalue weighted by atomic mass is 32.1. The van der Waals surface area contributed by atoms with Gasteiger partial charge in [-0.2, -0.15) is 23.4 Å². The molecule has 8 rings (SSSR count). The molecule has 1 amide bonds. The molecule has 2 aliphatic rings. The third kappa shape index (κ3) is 7.21. The van der Waals surface area contributed by atoms with Crippen LogP contribution in [0.25, 0.3) is 9.92 Å². The summed E-state index contributed by atoms with van der Waals surface area (Å²) in [5.74, 6) is 0.219. The molecule has 53 heavy (non-hydrogen) atoms. The molecule has 13 nitrogen and oxygen atoms in total. The average Bonchev–Trinajstić information content (AvgIpc) is 3.99. The van der Waals surface area contributed by atoms with Crippen molar-refractivity contribution in [2.45, 2.75) is 90.9 Å². The molecule has 0 aromatic carbocycles. The van der Waals surface area contributed by atoms with Crippen molar-refractivity contribution in [2.24, 2.45) is 0 Å². The molecule has 0 radical (unpaired) electrons. The number of nitrogens with zero attached hydrogens (tertiary/aromatic N) is 8. The Balaban J connectivity index is 0.000000165. The molecule has 0 bridgehead atoms. The molecule has 2 aliphatic carbocycles. The molecule has 0 spiro atoms. The zero-order valence-corrected chi connectivity index (χ0v) is 31.2. The monoisotopic (exact) mass is 767 g/mol. The maximum atomic E-state index is 13.1. The molecule has 0 saturated heterocycles. The first-order valence-electron chi connectivity index (χ1n) is 17.2. The molecule has 1 N–H and O–H groups in total. The summed E-state index contributed by atoms with van der Waals surface area (Å²) in [4.78, 5) is 60.7. The maximum absolute atomic E-state index is 13.1. The second kappa shape index (κ2) is 13.8. The van der Waals surface area contributed by atoms with Gasteiger partial charge < -0.3 is 5.32 Å². The lowest BCUT2D eigenvalue weighted by Gasteiger charge is -2.07. The van der Waals surface area contributed by atoms with E-state index < -0.39 is 23.3 Å². The third-order valence-corrected chi connectivity index (χ3v) is 11.1. The number of carbonyl (C=O) groups excluding carboxylic acids is 2. The van der Waals surface area contributed by atoms with Gasteiger partial charge in [0.05, 0.1) is 30.2 Å². The van der Waals surface area contributed by atoms with Crippen LogP contribution in [-0.4, -0.2) is 57.1 Å². The van der Waals surface area contributed by atoms with E-state index in [1.54, 1.807) is 13.8 Å². The van der Waals surface area contributed by atoms with E-state index in [4.69, 9.17) is 0 Å². The van der Waals surface area contributed by atoms with Crippen LogP contribution in [0.15, 0.2) is 33.9 Å². The van der Waals surface area contributed by atoms with Gasteiger partial charge in [-0.3, -0.25) is 28.5 Å². The van der Waals surface area contributed by atoms with E-state index in [0.717, 1.165) is 35.2 Å². The predicted molar refractivity (Wildman–Crippen MR) is 193 cm³/mol. The number of hydrogen-bond donors (Lipinski definition) is 1. The van der Waals surface area contributed by atoms with Crippen LogP contribution >= 0.6 is 22.7 Å². The molecule has 2 saturated carbocycles. The molecule has 0 atom stereocenters. The van der Waals surface area contributed by atoms with Gasteiger partial charge in [-0.05, 0) is 58.6 Å². The van der Waals surface area contributed by atoms with Gasteiger partial charge in [-0.1, -0.05) is 6.92 Å². The minimum Gasteiger partial charge on any atom is -0.354 e. The van der Waals surface area contributed by atoms with E-state index in [0.29, 0.717) is 56.5 Å². The number of thiazole rings is 2. The number of rotatable bonds is 9. The fourth-order valence-electron chi connectivity index (χ4n) is 6.26. The van der Waals surface area contributed by atoms with Crippen LogP contribution in [-0.2, 0) is 19.3 Å². The van der Waals surface area contributed by atoms with Gasteiger partial charge in [-0.15, -0.1) is 22.7 Å². The smallest absolute Gasteiger partial charge is 0.354 e. The Morgan fingerprint density at radius 1 is 0.811 bits per heavy atom. The summed E-state index contributed by atoms with van der Waals surface area (Å²) in [6.07, 6.45) is -0.0960. The average molecular weight is 768 g/mol. The number of halogens is 3. The van der Waals surface area contributed by atoms with Crippen LogP contribution in [0.1, 0.15) is 116 Å². The lowest BCUT2D eigenvalue weighted by Crippen LogP contribution is -2.26. The van der Waals surface area contributed by atoms with E-state index in [9.17, 15) is 32.3 Å². The van der Waals surface area contributed by atoms with Gasteiger partial charge in [-0.25, -0.2) is 18.8 Å². The Hall–Kier alpha value is -4.97. The number of aromatic nitrogens is 8. The van der Waals surface area contributed by atoms with Gasteiger partial charge in [0.15, 0.2) is 21.4 Å². The quantitative estimate of drug-likeness (QED) is 0.186. The van der Waals surface area contributed by atoms with Crippen molar-refractivity contribution in [3.8, 4) is 0 Å². The van der Waals surface area contributed by atoms with E-state index in [2.05, 4.69) is 31.5 Å². The Kier molecular flexibility index (Phi) is 9.46. The lowest BCUT2D eigenvalue weighted by atomic mass is 10.2. The van der Waals surface area contributed by atoms with Crippen LogP contribution < -0.4 is 16.4 Å². The number of fused-ring (bicyclic) bond motifs is 2. The summed E-state index contributed by atoms with van der Waals surface area (Å²) >= 11 is 2.56. The Bertz CT molecular complexity index is 2530. The SMILES string of the molecule is CCC(=O)c1c(C)sc2nc(Cn3nc(C4CC4)cc3C)cc(=O)n12.CNC(=O)c1c(C)sc2nc(Cn3nc(C(F)(F)F)cc3C3CC3)cc(=O)n12. The van der Waals surface area contributed by atoms with Crippen LogP contribution in [0.2, 0.25) is 0 Å². The number of amides is 1. The van der Waals surface area contributed by atoms with Crippen molar-refractivity contribution in [1.29, 1.82) is 0 Å². The van der Waals surface area contributed by atoms with Crippen molar-refractivity contribution >= 4 is 44.3 Å².